The third-order valence-electron chi connectivity index (χ3n) is 3.85. The summed E-state index contributed by atoms with van der Waals surface area (Å²) in [7, 11) is 3.04. The zero-order valence-corrected chi connectivity index (χ0v) is 14.3. The highest BCUT2D eigenvalue weighted by Crippen LogP contribution is 2.29. The van der Waals surface area contributed by atoms with E-state index >= 15 is 4.39 Å². The summed E-state index contributed by atoms with van der Waals surface area (Å²) in [5.74, 6) is -4.24. The van der Waals surface area contributed by atoms with Crippen LogP contribution in [0.25, 0.3) is 16.6 Å². The molecule has 1 heterocycles. The summed E-state index contributed by atoms with van der Waals surface area (Å²) >= 11 is 0. The van der Waals surface area contributed by atoms with E-state index in [0.29, 0.717) is 0 Å². The molecule has 0 saturated carbocycles. The Hall–Kier alpha value is -3.33. The lowest BCUT2D eigenvalue weighted by molar-refractivity contribution is 0.0695. The van der Waals surface area contributed by atoms with Gasteiger partial charge in [-0.25, -0.2) is 23.0 Å². The largest absolute Gasteiger partial charge is 0.477 e. The van der Waals surface area contributed by atoms with Crippen LogP contribution >= 0.6 is 0 Å². The molecule has 0 bridgehead atoms. The Morgan fingerprint density at radius 1 is 1.15 bits per heavy atom. The summed E-state index contributed by atoms with van der Waals surface area (Å²) in [6.45, 7) is 0. The zero-order valence-electron chi connectivity index (χ0n) is 14.3. The van der Waals surface area contributed by atoms with Gasteiger partial charge in [0.1, 0.15) is 17.1 Å². The summed E-state index contributed by atoms with van der Waals surface area (Å²) in [6.07, 6.45) is 0.931. The monoisotopic (exact) mass is 377 g/mol. The third-order valence-corrected chi connectivity index (χ3v) is 3.85. The van der Waals surface area contributed by atoms with Crippen LogP contribution in [-0.4, -0.2) is 34.7 Å². The van der Waals surface area contributed by atoms with Crippen molar-refractivity contribution in [1.29, 1.82) is 0 Å². The number of aromatic nitrogens is 1. The molecule has 1 aromatic heterocycles. The van der Waals surface area contributed by atoms with Crippen LogP contribution in [0.1, 0.15) is 10.4 Å². The van der Waals surface area contributed by atoms with E-state index in [4.69, 9.17) is 0 Å². The number of nitrogens with zero attached hydrogens (tertiary/aromatic N) is 2. The summed E-state index contributed by atoms with van der Waals surface area (Å²) in [4.78, 5) is 23.8. The molecule has 6 nitrogen and oxygen atoms in total. The fraction of sp³-hybridized carbons (Fsp3) is 0.111. The molecule has 3 rings (SSSR count). The number of hydrazine groups is 1. The number of benzene rings is 2. The molecule has 0 amide bonds. The number of anilines is 1. The van der Waals surface area contributed by atoms with Crippen LogP contribution in [0.4, 0.5) is 18.9 Å². The molecule has 0 unspecified atom stereocenters. The van der Waals surface area contributed by atoms with E-state index in [-0.39, 0.29) is 11.2 Å². The van der Waals surface area contributed by atoms with Crippen LogP contribution in [0.5, 0.6) is 0 Å². The van der Waals surface area contributed by atoms with Crippen LogP contribution in [0.3, 0.4) is 0 Å². The summed E-state index contributed by atoms with van der Waals surface area (Å²) in [5.41, 5.74) is 0.139. The molecule has 0 saturated heterocycles. The predicted octanol–water partition coefficient (Wildman–Crippen LogP) is 2.99. The highest BCUT2D eigenvalue weighted by molar-refractivity contribution is 5.94. The van der Waals surface area contributed by atoms with E-state index in [1.54, 1.807) is 0 Å². The Labute approximate surface area is 151 Å². The van der Waals surface area contributed by atoms with Gasteiger partial charge in [-0.15, -0.1) is 0 Å². The van der Waals surface area contributed by atoms with E-state index < -0.39 is 45.5 Å². The van der Waals surface area contributed by atoms with E-state index in [0.717, 1.165) is 29.0 Å². The Morgan fingerprint density at radius 2 is 1.78 bits per heavy atom. The predicted molar refractivity (Wildman–Crippen MR) is 93.7 cm³/mol. The second-order valence-electron chi connectivity index (χ2n) is 5.97. The number of fused-ring (bicyclic) bond motifs is 1. The molecule has 3 aromatic rings. The second kappa shape index (κ2) is 6.76. The number of rotatable bonds is 4. The number of hydrogen-bond acceptors (Lipinski definition) is 4. The Morgan fingerprint density at radius 3 is 2.33 bits per heavy atom. The number of pyridine rings is 1. The standard InChI is InChI=1S/C18H14F3N3O3/c1-23(2)22-15-13(20)7-11-16(14(15)21)24(8-12(17(11)25)18(26)27)10-5-3-9(19)4-6-10/h3-8,22H,1-2H3,(H,26,27). The van der Waals surface area contributed by atoms with Gasteiger partial charge >= 0.3 is 5.97 Å². The molecule has 0 fully saturated rings. The molecular weight excluding hydrogens is 363 g/mol. The first kappa shape index (κ1) is 18.5. The smallest absolute Gasteiger partial charge is 0.341 e. The maximum absolute atomic E-state index is 15.1. The number of carbonyl (C=O) groups is 1. The maximum atomic E-state index is 15.1. The number of carboxylic acids is 1. The molecule has 0 spiro atoms. The number of halogens is 3. The van der Waals surface area contributed by atoms with Crippen molar-refractivity contribution in [3.63, 3.8) is 0 Å². The van der Waals surface area contributed by atoms with Gasteiger partial charge in [-0.2, -0.15) is 0 Å². The lowest BCUT2D eigenvalue weighted by Gasteiger charge is -2.19. The molecule has 2 N–H and O–H groups in total. The van der Waals surface area contributed by atoms with Gasteiger partial charge in [0.05, 0.1) is 10.9 Å². The van der Waals surface area contributed by atoms with Crippen LogP contribution in [0, 0.1) is 17.5 Å². The van der Waals surface area contributed by atoms with Crippen molar-refractivity contribution in [2.75, 3.05) is 19.5 Å². The summed E-state index contributed by atoms with van der Waals surface area (Å²) < 4.78 is 43.8. The lowest BCUT2D eigenvalue weighted by Crippen LogP contribution is -2.23. The van der Waals surface area contributed by atoms with E-state index in [2.05, 4.69) is 5.43 Å². The van der Waals surface area contributed by atoms with Crippen molar-refractivity contribution in [3.05, 3.63) is 69.8 Å². The molecule has 0 aliphatic rings. The first-order valence-electron chi connectivity index (χ1n) is 7.71. The number of carboxylic acid groups (broad SMARTS) is 1. The van der Waals surface area contributed by atoms with Crippen molar-refractivity contribution < 1.29 is 23.1 Å². The first-order valence-corrected chi connectivity index (χ1v) is 7.71. The molecule has 0 atom stereocenters. The van der Waals surface area contributed by atoms with Crippen LogP contribution in [-0.2, 0) is 0 Å². The fourth-order valence-electron chi connectivity index (χ4n) is 2.70. The van der Waals surface area contributed by atoms with E-state index in [9.17, 15) is 23.5 Å². The number of nitrogens with one attached hydrogen (secondary N) is 1. The second-order valence-corrected chi connectivity index (χ2v) is 5.97. The molecule has 2 aromatic carbocycles. The van der Waals surface area contributed by atoms with Crippen molar-refractivity contribution >= 4 is 22.6 Å². The minimum atomic E-state index is -1.55. The molecule has 0 radical (unpaired) electrons. The first-order chi connectivity index (χ1) is 12.7. The van der Waals surface area contributed by atoms with Crippen LogP contribution < -0.4 is 10.9 Å². The third kappa shape index (κ3) is 3.24. The van der Waals surface area contributed by atoms with Gasteiger partial charge in [0.15, 0.2) is 11.6 Å². The molecule has 0 aliphatic heterocycles. The normalized spacial score (nSPS) is 11.2. The molecule has 9 heteroatoms. The Balaban J connectivity index is 2.48. The summed E-state index contributed by atoms with van der Waals surface area (Å²) in [6, 6.07) is 5.54. The summed E-state index contributed by atoms with van der Waals surface area (Å²) in [5, 5.41) is 10.1. The van der Waals surface area contributed by atoms with Crippen molar-refractivity contribution in [2.24, 2.45) is 0 Å². The Kier molecular flexibility index (Phi) is 4.63. The average molecular weight is 377 g/mol. The van der Waals surface area contributed by atoms with Crippen molar-refractivity contribution in [1.82, 2.24) is 9.58 Å². The SMILES string of the molecule is CN(C)Nc1c(F)cc2c(=O)c(C(=O)O)cn(-c3ccc(F)cc3)c2c1F. The molecule has 27 heavy (non-hydrogen) atoms. The van der Waals surface area contributed by atoms with Gasteiger partial charge in [-0.1, -0.05) is 0 Å². The maximum Gasteiger partial charge on any atom is 0.341 e. The van der Waals surface area contributed by atoms with Crippen LogP contribution in [0.15, 0.2) is 41.3 Å². The van der Waals surface area contributed by atoms with E-state index in [1.807, 2.05) is 0 Å². The highest BCUT2D eigenvalue weighted by atomic mass is 19.1. The van der Waals surface area contributed by atoms with Gasteiger partial charge in [0.25, 0.3) is 0 Å². The Bertz CT molecular complexity index is 1110. The van der Waals surface area contributed by atoms with Gasteiger partial charge < -0.3 is 15.1 Å². The van der Waals surface area contributed by atoms with Gasteiger partial charge in [0, 0.05) is 26.0 Å². The number of aromatic carboxylic acids is 1. The highest BCUT2D eigenvalue weighted by Gasteiger charge is 2.23. The lowest BCUT2D eigenvalue weighted by atomic mass is 10.1. The van der Waals surface area contributed by atoms with Gasteiger partial charge in [-0.3, -0.25) is 4.79 Å². The van der Waals surface area contributed by atoms with E-state index in [1.165, 1.54) is 31.2 Å². The van der Waals surface area contributed by atoms with Crippen molar-refractivity contribution in [3.8, 4) is 5.69 Å². The fourth-order valence-corrected chi connectivity index (χ4v) is 2.70. The zero-order chi connectivity index (χ0) is 19.9. The number of hydrogen-bond donors (Lipinski definition) is 2. The van der Waals surface area contributed by atoms with Gasteiger partial charge in [0.2, 0.25) is 5.43 Å². The average Bonchev–Trinajstić information content (AvgIpc) is 2.60. The minimum Gasteiger partial charge on any atom is -0.477 e. The minimum absolute atomic E-state index is 0.199. The van der Waals surface area contributed by atoms with Crippen molar-refractivity contribution in [2.45, 2.75) is 0 Å². The molecular formula is C18H14F3N3O3. The topological polar surface area (TPSA) is 74.6 Å². The molecule has 140 valence electrons. The van der Waals surface area contributed by atoms with Crippen LogP contribution in [0.2, 0.25) is 0 Å². The molecule has 0 aliphatic carbocycles. The van der Waals surface area contributed by atoms with Gasteiger partial charge in [-0.05, 0) is 30.3 Å². The quantitative estimate of drug-likeness (QED) is 0.684.